The summed E-state index contributed by atoms with van der Waals surface area (Å²) in [6.07, 6.45) is 2.78. The molecule has 1 aromatic heterocycles. The molecule has 0 bridgehead atoms. The van der Waals surface area contributed by atoms with Crippen molar-refractivity contribution in [2.24, 2.45) is 0 Å². The lowest BCUT2D eigenvalue weighted by molar-refractivity contribution is 0.0475. The Balaban J connectivity index is 1.73. The highest BCUT2D eigenvalue weighted by molar-refractivity contribution is 6.08. The van der Waals surface area contributed by atoms with Gasteiger partial charge in [-0.3, -0.25) is 9.78 Å². The maximum absolute atomic E-state index is 13.2. The molecule has 3 aromatic carbocycles. The number of ether oxygens (including phenoxy) is 2. The molecule has 32 heavy (non-hydrogen) atoms. The van der Waals surface area contributed by atoms with Gasteiger partial charge in [-0.1, -0.05) is 42.5 Å². The Morgan fingerprint density at radius 3 is 2.44 bits per heavy atom. The molecule has 0 fully saturated rings. The van der Waals surface area contributed by atoms with Crippen molar-refractivity contribution >= 4 is 23.2 Å². The number of aldehydes is 1. The minimum absolute atomic E-state index is 0.103. The van der Waals surface area contributed by atoms with Crippen molar-refractivity contribution in [2.45, 2.75) is 13.0 Å². The Bertz CT molecular complexity index is 1270. The fourth-order valence-electron chi connectivity index (χ4n) is 3.54. The fourth-order valence-corrected chi connectivity index (χ4v) is 3.54. The van der Waals surface area contributed by atoms with Crippen molar-refractivity contribution in [1.82, 2.24) is 4.98 Å². The summed E-state index contributed by atoms with van der Waals surface area (Å²) in [5.74, 6) is -0.576. The van der Waals surface area contributed by atoms with E-state index in [0.29, 0.717) is 29.4 Å². The number of pyridine rings is 1. The number of benzene rings is 3. The fraction of sp³-hybridized carbons (Fsp3) is 0.115. The average molecular weight is 429 g/mol. The van der Waals surface area contributed by atoms with Gasteiger partial charge in [-0.15, -0.1) is 0 Å². The zero-order chi connectivity index (χ0) is 22.5. The van der Waals surface area contributed by atoms with Crippen molar-refractivity contribution in [2.75, 3.05) is 7.11 Å². The molecule has 0 aliphatic heterocycles. The van der Waals surface area contributed by atoms with Crippen LogP contribution in [0.2, 0.25) is 0 Å². The molecule has 0 spiro atoms. The first-order valence-corrected chi connectivity index (χ1v) is 9.99. The van der Waals surface area contributed by atoms with E-state index in [9.17, 15) is 14.0 Å². The highest BCUT2D eigenvalue weighted by Gasteiger charge is 2.20. The third kappa shape index (κ3) is 4.49. The topological polar surface area (TPSA) is 65.5 Å². The zero-order valence-corrected chi connectivity index (χ0v) is 17.4. The maximum Gasteiger partial charge on any atom is 0.339 e. The van der Waals surface area contributed by atoms with Gasteiger partial charge in [0.15, 0.2) is 12.0 Å². The highest BCUT2D eigenvalue weighted by atomic mass is 19.1. The van der Waals surface area contributed by atoms with Crippen LogP contribution in [0.1, 0.15) is 37.4 Å². The van der Waals surface area contributed by atoms with Gasteiger partial charge < -0.3 is 9.47 Å². The number of hydrogen-bond acceptors (Lipinski definition) is 5. The summed E-state index contributed by atoms with van der Waals surface area (Å²) in [4.78, 5) is 29.1. The molecule has 0 saturated heterocycles. The van der Waals surface area contributed by atoms with Gasteiger partial charge in [0.25, 0.3) is 0 Å². The van der Waals surface area contributed by atoms with Crippen LogP contribution in [0.25, 0.3) is 10.9 Å². The first-order valence-electron chi connectivity index (χ1n) is 9.99. The van der Waals surface area contributed by atoms with Gasteiger partial charge in [0.1, 0.15) is 17.9 Å². The van der Waals surface area contributed by atoms with E-state index >= 15 is 0 Å². The summed E-state index contributed by atoms with van der Waals surface area (Å²) in [7, 11) is 1.45. The van der Waals surface area contributed by atoms with Crippen LogP contribution in [0.5, 0.6) is 5.75 Å². The molecule has 4 aromatic rings. The highest BCUT2D eigenvalue weighted by Crippen LogP contribution is 2.32. The van der Waals surface area contributed by atoms with E-state index in [1.807, 2.05) is 36.4 Å². The Kier molecular flexibility index (Phi) is 6.22. The second kappa shape index (κ2) is 9.39. The van der Waals surface area contributed by atoms with Crippen LogP contribution in [0.4, 0.5) is 4.39 Å². The van der Waals surface area contributed by atoms with Crippen molar-refractivity contribution in [3.8, 4) is 5.75 Å². The second-order valence-electron chi connectivity index (χ2n) is 7.27. The largest absolute Gasteiger partial charge is 0.494 e. The number of fused-ring (bicyclic) bond motifs is 1. The number of methoxy groups -OCH3 is 1. The maximum atomic E-state index is 13.2. The SMILES string of the molecule is COc1c(C=O)cc(C(=O)OCc2ccccc2)c2cc(Cc3ccc(F)cc3)cnc12. The molecule has 1 heterocycles. The summed E-state index contributed by atoms with van der Waals surface area (Å²) in [6, 6.07) is 18.8. The monoisotopic (exact) mass is 429 g/mol. The smallest absolute Gasteiger partial charge is 0.339 e. The van der Waals surface area contributed by atoms with Gasteiger partial charge in [0, 0.05) is 11.6 Å². The van der Waals surface area contributed by atoms with Gasteiger partial charge in [-0.25, -0.2) is 9.18 Å². The quantitative estimate of drug-likeness (QED) is 0.301. The van der Waals surface area contributed by atoms with Gasteiger partial charge in [0.2, 0.25) is 0 Å². The Morgan fingerprint density at radius 2 is 1.75 bits per heavy atom. The minimum Gasteiger partial charge on any atom is -0.494 e. The Hall–Kier alpha value is -4.06. The van der Waals surface area contributed by atoms with E-state index in [0.717, 1.165) is 16.7 Å². The normalized spacial score (nSPS) is 10.7. The number of aromatic nitrogens is 1. The van der Waals surface area contributed by atoms with E-state index < -0.39 is 5.97 Å². The van der Waals surface area contributed by atoms with E-state index in [1.165, 1.54) is 25.3 Å². The second-order valence-corrected chi connectivity index (χ2v) is 7.27. The molecule has 0 atom stereocenters. The van der Waals surface area contributed by atoms with Crippen LogP contribution in [-0.4, -0.2) is 24.3 Å². The minimum atomic E-state index is -0.565. The lowest BCUT2D eigenvalue weighted by Crippen LogP contribution is -2.08. The van der Waals surface area contributed by atoms with Gasteiger partial charge in [-0.05, 0) is 47.4 Å². The molecule has 0 saturated carbocycles. The number of hydrogen-bond donors (Lipinski definition) is 0. The van der Waals surface area contributed by atoms with Crippen LogP contribution in [-0.2, 0) is 17.8 Å². The number of carbonyl (C=O) groups excluding carboxylic acids is 2. The molecule has 6 heteroatoms. The zero-order valence-electron chi connectivity index (χ0n) is 17.4. The number of nitrogens with zero attached hydrogens (tertiary/aromatic N) is 1. The molecule has 5 nitrogen and oxygen atoms in total. The molecule has 160 valence electrons. The van der Waals surface area contributed by atoms with Crippen LogP contribution >= 0.6 is 0 Å². The molecule has 0 amide bonds. The average Bonchev–Trinajstić information content (AvgIpc) is 2.83. The predicted molar refractivity (Wildman–Crippen MR) is 118 cm³/mol. The van der Waals surface area contributed by atoms with Crippen molar-refractivity contribution in [1.29, 1.82) is 0 Å². The number of halogens is 1. The third-order valence-electron chi connectivity index (χ3n) is 5.10. The summed E-state index contributed by atoms with van der Waals surface area (Å²) >= 11 is 0. The standard InChI is InChI=1S/C26H20FNO4/c1-31-25-20(15-29)13-23(26(30)32-16-18-5-3-2-4-6-18)22-12-19(14-28-24(22)25)11-17-7-9-21(27)10-8-17/h2-10,12-15H,11,16H2,1H3. The first kappa shape index (κ1) is 21.2. The molecule has 0 aliphatic rings. The third-order valence-corrected chi connectivity index (χ3v) is 5.10. The van der Waals surface area contributed by atoms with Crippen molar-refractivity contribution in [3.05, 3.63) is 107 Å². The van der Waals surface area contributed by atoms with Crippen LogP contribution in [0.15, 0.2) is 72.9 Å². The lowest BCUT2D eigenvalue weighted by Gasteiger charge is -2.13. The summed E-state index contributed by atoms with van der Waals surface area (Å²) in [5.41, 5.74) is 3.41. The molecular formula is C26H20FNO4. The molecule has 4 rings (SSSR count). The molecule has 0 radical (unpaired) electrons. The number of rotatable bonds is 7. The molecule has 0 N–H and O–H groups in total. The summed E-state index contributed by atoms with van der Waals surface area (Å²) in [6.45, 7) is 0.103. The first-order chi connectivity index (χ1) is 15.6. The molecule has 0 unspecified atom stereocenters. The number of esters is 1. The van der Waals surface area contributed by atoms with Gasteiger partial charge in [-0.2, -0.15) is 0 Å². The molecular weight excluding hydrogens is 409 g/mol. The number of carbonyl (C=O) groups is 2. The van der Waals surface area contributed by atoms with Crippen molar-refractivity contribution in [3.63, 3.8) is 0 Å². The Labute approximate surface area is 184 Å². The summed E-state index contributed by atoms with van der Waals surface area (Å²) < 4.78 is 24.1. The van der Waals surface area contributed by atoms with E-state index in [4.69, 9.17) is 9.47 Å². The predicted octanol–water partition coefficient (Wildman–Crippen LogP) is 5.14. The Morgan fingerprint density at radius 1 is 1.00 bits per heavy atom. The summed E-state index contributed by atoms with van der Waals surface area (Å²) in [5, 5.41) is 0.519. The lowest BCUT2D eigenvalue weighted by atomic mass is 9.99. The van der Waals surface area contributed by atoms with E-state index in [-0.39, 0.29) is 23.6 Å². The van der Waals surface area contributed by atoms with E-state index in [2.05, 4.69) is 4.98 Å². The van der Waals surface area contributed by atoms with Crippen LogP contribution < -0.4 is 4.74 Å². The van der Waals surface area contributed by atoms with Crippen LogP contribution in [0.3, 0.4) is 0 Å². The van der Waals surface area contributed by atoms with Crippen LogP contribution in [0, 0.1) is 5.82 Å². The van der Waals surface area contributed by atoms with Gasteiger partial charge in [0.05, 0.1) is 18.2 Å². The van der Waals surface area contributed by atoms with Crippen molar-refractivity contribution < 1.29 is 23.5 Å². The molecule has 0 aliphatic carbocycles. The van der Waals surface area contributed by atoms with E-state index in [1.54, 1.807) is 18.3 Å². The van der Waals surface area contributed by atoms with Gasteiger partial charge >= 0.3 is 5.97 Å².